The van der Waals surface area contributed by atoms with Gasteiger partial charge >= 0.3 is 0 Å². The van der Waals surface area contributed by atoms with Crippen LogP contribution in [0.15, 0.2) is 24.3 Å². The second-order valence-electron chi connectivity index (χ2n) is 5.76. The maximum Gasteiger partial charge on any atom is 0.222 e. The first kappa shape index (κ1) is 12.7. The lowest BCUT2D eigenvalue weighted by Gasteiger charge is -2.12. The van der Waals surface area contributed by atoms with Crippen LogP contribution in [0.2, 0.25) is 0 Å². The topological polar surface area (TPSA) is 38.3 Å². The molecule has 0 unspecified atom stereocenters. The van der Waals surface area contributed by atoms with Gasteiger partial charge in [-0.1, -0.05) is 24.3 Å². The largest absolute Gasteiger partial charge is 0.384 e. The third kappa shape index (κ3) is 2.27. The molecule has 19 heavy (non-hydrogen) atoms. The molecule has 2 aliphatic rings. The summed E-state index contributed by atoms with van der Waals surface area (Å²) in [5, 5.41) is 3.04. The van der Waals surface area contributed by atoms with E-state index in [4.69, 9.17) is 4.74 Å². The van der Waals surface area contributed by atoms with Crippen LogP contribution in [0.4, 0.5) is 0 Å². The molecule has 0 heterocycles. The lowest BCUT2D eigenvalue weighted by atomic mass is 9.95. The highest BCUT2D eigenvalue weighted by Gasteiger charge is 2.57. The first-order valence-corrected chi connectivity index (χ1v) is 7.10. The fourth-order valence-electron chi connectivity index (χ4n) is 3.52. The minimum Gasteiger partial charge on any atom is -0.384 e. The van der Waals surface area contributed by atoms with E-state index in [1.165, 1.54) is 30.4 Å². The summed E-state index contributed by atoms with van der Waals surface area (Å²) < 4.78 is 4.91. The number of methoxy groups -OCH3 is 1. The van der Waals surface area contributed by atoms with Crippen molar-refractivity contribution in [1.29, 1.82) is 0 Å². The summed E-state index contributed by atoms with van der Waals surface area (Å²) >= 11 is 0. The van der Waals surface area contributed by atoms with E-state index < -0.39 is 0 Å². The molecule has 1 aromatic rings. The van der Waals surface area contributed by atoms with E-state index >= 15 is 0 Å². The van der Waals surface area contributed by atoms with Gasteiger partial charge in [-0.25, -0.2) is 0 Å². The maximum atomic E-state index is 11.6. The Kier molecular flexibility index (Phi) is 3.31. The predicted octanol–water partition coefficient (Wildman–Crippen LogP) is 2.04. The molecule has 1 saturated carbocycles. The van der Waals surface area contributed by atoms with Crippen LogP contribution in [-0.4, -0.2) is 26.2 Å². The van der Waals surface area contributed by atoms with Crippen molar-refractivity contribution in [1.82, 2.24) is 5.32 Å². The molecular formula is C16H21NO2. The standard InChI is InChI=1S/C16H21NO2/c1-19-9-7-15(18)17-11-13-10-16(13)8-6-12-4-2-3-5-14(12)16/h2-5,13H,6-11H2,1H3,(H,17,18)/t13-,16-/m1/s1. The molecule has 3 nitrogen and oxygen atoms in total. The molecule has 0 bridgehead atoms. The minimum atomic E-state index is 0.107. The molecule has 3 heteroatoms. The summed E-state index contributed by atoms with van der Waals surface area (Å²) in [5.41, 5.74) is 3.42. The van der Waals surface area contributed by atoms with Crippen molar-refractivity contribution in [2.75, 3.05) is 20.3 Å². The van der Waals surface area contributed by atoms with Crippen LogP contribution in [0.5, 0.6) is 0 Å². The van der Waals surface area contributed by atoms with E-state index in [1.807, 2.05) is 0 Å². The van der Waals surface area contributed by atoms with Crippen molar-refractivity contribution in [2.45, 2.75) is 31.1 Å². The van der Waals surface area contributed by atoms with E-state index in [-0.39, 0.29) is 5.91 Å². The van der Waals surface area contributed by atoms with Crippen LogP contribution in [0, 0.1) is 5.92 Å². The molecule has 1 aromatic carbocycles. The maximum absolute atomic E-state index is 11.6. The Morgan fingerprint density at radius 1 is 1.47 bits per heavy atom. The van der Waals surface area contributed by atoms with E-state index in [0.29, 0.717) is 24.4 Å². The Balaban J connectivity index is 1.56. The van der Waals surface area contributed by atoms with Crippen molar-refractivity contribution < 1.29 is 9.53 Å². The third-order valence-corrected chi connectivity index (χ3v) is 4.71. The number of nitrogens with one attached hydrogen (secondary N) is 1. The minimum absolute atomic E-state index is 0.107. The number of amides is 1. The van der Waals surface area contributed by atoms with Gasteiger partial charge in [-0.05, 0) is 36.3 Å². The summed E-state index contributed by atoms with van der Waals surface area (Å²) in [4.78, 5) is 11.6. The van der Waals surface area contributed by atoms with Crippen LogP contribution in [0.1, 0.15) is 30.4 Å². The number of ether oxygens (including phenoxy) is 1. The second-order valence-corrected chi connectivity index (χ2v) is 5.76. The lowest BCUT2D eigenvalue weighted by molar-refractivity contribution is -0.122. The highest BCUT2D eigenvalue weighted by Crippen LogP contribution is 2.61. The third-order valence-electron chi connectivity index (χ3n) is 4.71. The normalized spacial score (nSPS) is 27.3. The van der Waals surface area contributed by atoms with Crippen LogP contribution in [0.3, 0.4) is 0 Å². The van der Waals surface area contributed by atoms with Gasteiger partial charge in [0, 0.05) is 25.5 Å². The Labute approximate surface area is 114 Å². The number of benzene rings is 1. The van der Waals surface area contributed by atoms with Crippen LogP contribution >= 0.6 is 0 Å². The zero-order valence-electron chi connectivity index (χ0n) is 11.4. The zero-order valence-corrected chi connectivity index (χ0v) is 11.4. The van der Waals surface area contributed by atoms with Gasteiger partial charge in [0.1, 0.15) is 0 Å². The first-order chi connectivity index (χ1) is 9.26. The number of hydrogen-bond acceptors (Lipinski definition) is 2. The van der Waals surface area contributed by atoms with Gasteiger partial charge in [0.2, 0.25) is 5.91 Å². The smallest absolute Gasteiger partial charge is 0.222 e. The number of carbonyl (C=O) groups is 1. The molecule has 2 atom stereocenters. The molecule has 102 valence electrons. The van der Waals surface area contributed by atoms with Crippen molar-refractivity contribution in [2.24, 2.45) is 5.92 Å². The molecule has 0 aliphatic heterocycles. The van der Waals surface area contributed by atoms with Crippen molar-refractivity contribution in [3.63, 3.8) is 0 Å². The zero-order chi connectivity index (χ0) is 13.3. The number of fused-ring (bicyclic) bond motifs is 2. The summed E-state index contributed by atoms with van der Waals surface area (Å²) in [5.74, 6) is 0.734. The molecule has 0 saturated heterocycles. The van der Waals surface area contributed by atoms with Crippen molar-refractivity contribution in [3.05, 3.63) is 35.4 Å². The fourth-order valence-corrected chi connectivity index (χ4v) is 3.52. The van der Waals surface area contributed by atoms with Gasteiger partial charge in [0.15, 0.2) is 0 Å². The van der Waals surface area contributed by atoms with E-state index in [2.05, 4.69) is 29.6 Å². The second kappa shape index (κ2) is 4.97. The van der Waals surface area contributed by atoms with E-state index in [1.54, 1.807) is 7.11 Å². The molecule has 1 fully saturated rings. The number of carbonyl (C=O) groups excluding carboxylic acids is 1. The molecule has 1 spiro atoms. The Morgan fingerprint density at radius 3 is 3.16 bits per heavy atom. The fraction of sp³-hybridized carbons (Fsp3) is 0.562. The van der Waals surface area contributed by atoms with Crippen molar-refractivity contribution >= 4 is 5.91 Å². The lowest BCUT2D eigenvalue weighted by Crippen LogP contribution is -2.28. The molecule has 3 rings (SSSR count). The van der Waals surface area contributed by atoms with Gasteiger partial charge in [-0.15, -0.1) is 0 Å². The van der Waals surface area contributed by atoms with Gasteiger partial charge < -0.3 is 10.1 Å². The molecule has 1 amide bonds. The summed E-state index contributed by atoms with van der Waals surface area (Å²) in [6.45, 7) is 1.32. The van der Waals surface area contributed by atoms with Crippen LogP contribution < -0.4 is 5.32 Å². The highest BCUT2D eigenvalue weighted by molar-refractivity contribution is 5.76. The van der Waals surface area contributed by atoms with Crippen LogP contribution in [-0.2, 0) is 21.4 Å². The van der Waals surface area contributed by atoms with E-state index in [0.717, 1.165) is 6.54 Å². The Bertz CT molecular complexity index is 485. The Morgan fingerprint density at radius 2 is 2.32 bits per heavy atom. The van der Waals surface area contributed by atoms with Gasteiger partial charge in [0.05, 0.1) is 6.61 Å². The summed E-state index contributed by atoms with van der Waals surface area (Å²) in [6.07, 6.45) is 4.15. The Hall–Kier alpha value is -1.35. The van der Waals surface area contributed by atoms with Crippen molar-refractivity contribution in [3.8, 4) is 0 Å². The SMILES string of the molecule is COCCC(=O)NC[C@H]1C[C@]12CCc1ccccc12. The van der Waals surface area contributed by atoms with Gasteiger partial charge in [-0.3, -0.25) is 4.79 Å². The molecule has 0 aromatic heterocycles. The predicted molar refractivity (Wildman–Crippen MR) is 74.1 cm³/mol. The quantitative estimate of drug-likeness (QED) is 0.879. The first-order valence-electron chi connectivity index (χ1n) is 7.10. The average molecular weight is 259 g/mol. The molecular weight excluding hydrogens is 238 g/mol. The van der Waals surface area contributed by atoms with Crippen LogP contribution in [0.25, 0.3) is 0 Å². The number of hydrogen-bond donors (Lipinski definition) is 1. The summed E-state index contributed by atoms with van der Waals surface area (Å²) in [7, 11) is 1.62. The molecule has 1 N–H and O–H groups in total. The highest BCUT2D eigenvalue weighted by atomic mass is 16.5. The van der Waals surface area contributed by atoms with E-state index in [9.17, 15) is 4.79 Å². The van der Waals surface area contributed by atoms with Gasteiger partial charge in [0.25, 0.3) is 0 Å². The molecule has 0 radical (unpaired) electrons. The number of rotatable bonds is 5. The van der Waals surface area contributed by atoms with Gasteiger partial charge in [-0.2, -0.15) is 0 Å². The summed E-state index contributed by atoms with van der Waals surface area (Å²) in [6, 6.07) is 8.78. The average Bonchev–Trinajstić information content (AvgIpc) is 3.02. The monoisotopic (exact) mass is 259 g/mol. The molecule has 2 aliphatic carbocycles. The number of aryl methyl sites for hydroxylation is 1.